The van der Waals surface area contributed by atoms with E-state index in [1.807, 2.05) is 38.1 Å². The SMILES string of the molecule is CCc1ccc(NC(=O)CNC(=O)c2cc(C)nn2CC)cc1. The van der Waals surface area contributed by atoms with Crippen LogP contribution in [0.25, 0.3) is 0 Å². The van der Waals surface area contributed by atoms with Gasteiger partial charge in [-0.2, -0.15) is 5.10 Å². The average molecular weight is 314 g/mol. The Hall–Kier alpha value is -2.63. The van der Waals surface area contributed by atoms with E-state index in [9.17, 15) is 9.59 Å². The molecule has 0 atom stereocenters. The Labute approximate surface area is 135 Å². The van der Waals surface area contributed by atoms with Crippen molar-refractivity contribution in [1.82, 2.24) is 15.1 Å². The van der Waals surface area contributed by atoms with Crippen LogP contribution >= 0.6 is 0 Å². The minimum atomic E-state index is -0.302. The van der Waals surface area contributed by atoms with Crippen LogP contribution in [0.15, 0.2) is 30.3 Å². The fraction of sp³-hybridized carbons (Fsp3) is 0.353. The normalized spacial score (nSPS) is 10.4. The van der Waals surface area contributed by atoms with E-state index in [1.54, 1.807) is 10.7 Å². The lowest BCUT2D eigenvalue weighted by Crippen LogP contribution is -2.34. The molecule has 2 amide bonds. The first-order valence-corrected chi connectivity index (χ1v) is 7.75. The second-order valence-electron chi connectivity index (χ2n) is 5.27. The smallest absolute Gasteiger partial charge is 0.269 e. The molecule has 2 N–H and O–H groups in total. The minimum absolute atomic E-state index is 0.0810. The van der Waals surface area contributed by atoms with Crippen molar-refractivity contribution in [2.75, 3.05) is 11.9 Å². The lowest BCUT2D eigenvalue weighted by atomic mass is 10.1. The number of aryl methyl sites for hydroxylation is 3. The van der Waals surface area contributed by atoms with Crippen molar-refractivity contribution in [3.63, 3.8) is 0 Å². The van der Waals surface area contributed by atoms with Gasteiger partial charge in [-0.25, -0.2) is 0 Å². The van der Waals surface area contributed by atoms with E-state index >= 15 is 0 Å². The maximum absolute atomic E-state index is 12.1. The highest BCUT2D eigenvalue weighted by atomic mass is 16.2. The van der Waals surface area contributed by atoms with Gasteiger partial charge >= 0.3 is 0 Å². The van der Waals surface area contributed by atoms with E-state index in [0.717, 1.165) is 17.8 Å². The summed E-state index contributed by atoms with van der Waals surface area (Å²) in [5.74, 6) is -0.564. The van der Waals surface area contributed by atoms with Crippen LogP contribution in [0.3, 0.4) is 0 Å². The molecule has 0 spiro atoms. The third kappa shape index (κ3) is 4.42. The standard InChI is InChI=1S/C17H22N4O2/c1-4-13-6-8-14(9-7-13)19-16(22)11-18-17(23)15-10-12(3)20-21(15)5-2/h6-10H,4-5,11H2,1-3H3,(H,18,23)(H,19,22). The molecule has 0 saturated carbocycles. The second kappa shape index (κ2) is 7.58. The van der Waals surface area contributed by atoms with Crippen molar-refractivity contribution < 1.29 is 9.59 Å². The summed E-state index contributed by atoms with van der Waals surface area (Å²) in [6.45, 7) is 6.34. The van der Waals surface area contributed by atoms with Gasteiger partial charge in [-0.1, -0.05) is 19.1 Å². The summed E-state index contributed by atoms with van der Waals surface area (Å²) < 4.78 is 1.62. The first-order chi connectivity index (χ1) is 11.0. The molecule has 2 rings (SSSR count). The summed E-state index contributed by atoms with van der Waals surface area (Å²) in [6, 6.07) is 9.36. The Kier molecular flexibility index (Phi) is 5.51. The summed E-state index contributed by atoms with van der Waals surface area (Å²) in [4.78, 5) is 24.0. The van der Waals surface area contributed by atoms with E-state index < -0.39 is 0 Å². The van der Waals surface area contributed by atoms with Gasteiger partial charge < -0.3 is 10.6 Å². The molecule has 0 aliphatic heterocycles. The first-order valence-electron chi connectivity index (χ1n) is 7.75. The fourth-order valence-corrected chi connectivity index (χ4v) is 2.25. The van der Waals surface area contributed by atoms with Gasteiger partial charge in [0.1, 0.15) is 5.69 Å². The van der Waals surface area contributed by atoms with E-state index in [4.69, 9.17) is 0 Å². The van der Waals surface area contributed by atoms with Crippen LogP contribution in [-0.4, -0.2) is 28.1 Å². The summed E-state index contributed by atoms with van der Waals surface area (Å²) >= 11 is 0. The van der Waals surface area contributed by atoms with Crippen molar-refractivity contribution in [2.45, 2.75) is 33.7 Å². The van der Waals surface area contributed by atoms with Crippen LogP contribution in [0, 0.1) is 6.92 Å². The Morgan fingerprint density at radius 2 is 1.87 bits per heavy atom. The maximum atomic E-state index is 12.1. The molecule has 1 heterocycles. The van der Waals surface area contributed by atoms with Gasteiger partial charge in [0.05, 0.1) is 12.2 Å². The average Bonchev–Trinajstić information content (AvgIpc) is 2.94. The molecule has 2 aromatic rings. The summed E-state index contributed by atoms with van der Waals surface area (Å²) in [5, 5.41) is 9.59. The summed E-state index contributed by atoms with van der Waals surface area (Å²) in [6.07, 6.45) is 0.953. The number of hydrogen-bond donors (Lipinski definition) is 2. The van der Waals surface area contributed by atoms with Crippen LogP contribution < -0.4 is 10.6 Å². The summed E-state index contributed by atoms with van der Waals surface area (Å²) in [7, 11) is 0. The van der Waals surface area contributed by atoms with Crippen molar-refractivity contribution in [1.29, 1.82) is 0 Å². The lowest BCUT2D eigenvalue weighted by Gasteiger charge is -2.08. The number of nitrogens with one attached hydrogen (secondary N) is 2. The van der Waals surface area contributed by atoms with Crippen LogP contribution in [0.1, 0.15) is 35.6 Å². The Morgan fingerprint density at radius 1 is 1.17 bits per heavy atom. The van der Waals surface area contributed by atoms with Crippen molar-refractivity contribution >= 4 is 17.5 Å². The second-order valence-corrected chi connectivity index (χ2v) is 5.27. The highest BCUT2D eigenvalue weighted by Gasteiger charge is 2.14. The third-order valence-corrected chi connectivity index (χ3v) is 3.49. The molecule has 23 heavy (non-hydrogen) atoms. The van der Waals surface area contributed by atoms with E-state index in [2.05, 4.69) is 22.7 Å². The maximum Gasteiger partial charge on any atom is 0.269 e. The van der Waals surface area contributed by atoms with Gasteiger partial charge in [0.2, 0.25) is 5.91 Å². The predicted molar refractivity (Wildman–Crippen MR) is 89.4 cm³/mol. The Balaban J connectivity index is 1.89. The number of carbonyl (C=O) groups excluding carboxylic acids is 2. The zero-order chi connectivity index (χ0) is 16.8. The molecule has 0 fully saturated rings. The van der Waals surface area contributed by atoms with E-state index in [-0.39, 0.29) is 18.4 Å². The Morgan fingerprint density at radius 3 is 2.48 bits per heavy atom. The van der Waals surface area contributed by atoms with E-state index in [1.165, 1.54) is 5.56 Å². The number of benzene rings is 1. The topological polar surface area (TPSA) is 76.0 Å². The molecule has 0 bridgehead atoms. The fourth-order valence-electron chi connectivity index (χ4n) is 2.25. The number of rotatable bonds is 6. The van der Waals surface area contributed by atoms with E-state index in [0.29, 0.717) is 12.2 Å². The summed E-state index contributed by atoms with van der Waals surface area (Å²) in [5.41, 5.74) is 3.16. The zero-order valence-corrected chi connectivity index (χ0v) is 13.7. The van der Waals surface area contributed by atoms with Crippen molar-refractivity contribution in [2.24, 2.45) is 0 Å². The number of amides is 2. The number of anilines is 1. The number of hydrogen-bond acceptors (Lipinski definition) is 3. The van der Waals surface area contributed by atoms with Gasteiger partial charge in [-0.05, 0) is 44.0 Å². The van der Waals surface area contributed by atoms with Gasteiger partial charge in [-0.3, -0.25) is 14.3 Å². The number of aromatic nitrogens is 2. The molecule has 6 nitrogen and oxygen atoms in total. The zero-order valence-electron chi connectivity index (χ0n) is 13.7. The highest BCUT2D eigenvalue weighted by Crippen LogP contribution is 2.09. The molecule has 0 aliphatic rings. The van der Waals surface area contributed by atoms with Gasteiger partial charge in [0, 0.05) is 12.2 Å². The third-order valence-electron chi connectivity index (χ3n) is 3.49. The Bertz CT molecular complexity index is 689. The van der Waals surface area contributed by atoms with Crippen molar-refractivity contribution in [3.05, 3.63) is 47.3 Å². The number of carbonyl (C=O) groups is 2. The predicted octanol–water partition coefficient (Wildman–Crippen LogP) is 2.14. The molecular formula is C17H22N4O2. The molecule has 0 unspecified atom stereocenters. The van der Waals surface area contributed by atoms with Crippen LogP contribution in [0.2, 0.25) is 0 Å². The molecule has 6 heteroatoms. The molecule has 1 aromatic heterocycles. The van der Waals surface area contributed by atoms with Gasteiger partial charge in [0.15, 0.2) is 0 Å². The van der Waals surface area contributed by atoms with Crippen LogP contribution in [0.5, 0.6) is 0 Å². The van der Waals surface area contributed by atoms with Crippen molar-refractivity contribution in [3.8, 4) is 0 Å². The molecular weight excluding hydrogens is 292 g/mol. The molecule has 1 aromatic carbocycles. The van der Waals surface area contributed by atoms with Gasteiger partial charge in [0.25, 0.3) is 5.91 Å². The largest absolute Gasteiger partial charge is 0.342 e. The number of nitrogens with zero attached hydrogens (tertiary/aromatic N) is 2. The lowest BCUT2D eigenvalue weighted by molar-refractivity contribution is -0.115. The van der Waals surface area contributed by atoms with Crippen LogP contribution in [0.4, 0.5) is 5.69 Å². The van der Waals surface area contributed by atoms with Crippen LogP contribution in [-0.2, 0) is 17.8 Å². The highest BCUT2D eigenvalue weighted by molar-refractivity contribution is 5.98. The molecule has 0 aliphatic carbocycles. The monoisotopic (exact) mass is 314 g/mol. The molecule has 122 valence electrons. The van der Waals surface area contributed by atoms with Gasteiger partial charge in [-0.15, -0.1) is 0 Å². The minimum Gasteiger partial charge on any atom is -0.342 e. The molecule has 0 saturated heterocycles. The first kappa shape index (κ1) is 16.7. The quantitative estimate of drug-likeness (QED) is 0.857. The molecule has 0 radical (unpaired) electrons.